The van der Waals surface area contributed by atoms with E-state index in [1.807, 2.05) is 0 Å². The van der Waals surface area contributed by atoms with E-state index in [4.69, 9.17) is 21.7 Å². The number of thiol groups is 1. The molecule has 0 aliphatic rings. The molecule has 0 aliphatic carbocycles. The number of hydrogen-bond donors (Lipinski definition) is 9. The lowest BCUT2D eigenvalue weighted by molar-refractivity contribution is -0.143. The summed E-state index contributed by atoms with van der Waals surface area (Å²) in [5.41, 5.74) is 11.1. The summed E-state index contributed by atoms with van der Waals surface area (Å²) in [5.74, 6) is -6.42. The molecule has 1 aromatic rings. The second-order valence-corrected chi connectivity index (χ2v) is 7.56. The van der Waals surface area contributed by atoms with E-state index in [1.165, 1.54) is 12.5 Å². The largest absolute Gasteiger partial charge is 0.481 e. The van der Waals surface area contributed by atoms with Crippen LogP contribution in [0.25, 0.3) is 0 Å². The average Bonchev–Trinajstić information content (AvgIpc) is 3.27. The highest BCUT2D eigenvalue weighted by atomic mass is 32.1. The van der Waals surface area contributed by atoms with Crippen molar-refractivity contribution in [3.05, 3.63) is 18.2 Å². The summed E-state index contributed by atoms with van der Waals surface area (Å²) in [6, 6.07) is -5.40. The van der Waals surface area contributed by atoms with E-state index in [2.05, 4.69) is 38.5 Å². The van der Waals surface area contributed by atoms with Gasteiger partial charge in [0.05, 0.1) is 18.8 Å². The molecule has 0 aliphatic heterocycles. The van der Waals surface area contributed by atoms with E-state index in [1.54, 1.807) is 0 Å². The number of amides is 4. The van der Waals surface area contributed by atoms with Gasteiger partial charge < -0.3 is 42.6 Å². The van der Waals surface area contributed by atoms with Crippen molar-refractivity contribution >= 4 is 48.2 Å². The standard InChI is InChI=1S/C18H27N7O8S/c19-9(1-2-14(27)28)15(29)23-10(3-8-5-21-7-22-8)16(30)25-12(6-34)17(31)24-11(18(32)33)4-13(20)26/h5,7,9-12,34H,1-4,6,19H2,(H2,20,26)(H,21,22)(H,23,29)(H,24,31)(H,25,30)(H,27,28)(H,32,33). The summed E-state index contributed by atoms with van der Waals surface area (Å²) >= 11 is 3.99. The lowest BCUT2D eigenvalue weighted by Crippen LogP contribution is -2.58. The fraction of sp³-hybridized carbons (Fsp3) is 0.500. The van der Waals surface area contributed by atoms with Crippen molar-refractivity contribution in [3.63, 3.8) is 0 Å². The van der Waals surface area contributed by atoms with E-state index < -0.39 is 66.2 Å². The summed E-state index contributed by atoms with van der Waals surface area (Å²) in [6.45, 7) is 0. The summed E-state index contributed by atoms with van der Waals surface area (Å²) in [5, 5.41) is 24.7. The molecule has 1 heterocycles. The molecule has 10 N–H and O–H groups in total. The van der Waals surface area contributed by atoms with E-state index in [0.717, 1.165) is 0 Å². The molecule has 188 valence electrons. The lowest BCUT2D eigenvalue weighted by Gasteiger charge is -2.24. The number of H-pyrrole nitrogens is 1. The van der Waals surface area contributed by atoms with Crippen LogP contribution in [-0.2, 0) is 35.2 Å². The molecule has 0 saturated heterocycles. The highest BCUT2D eigenvalue weighted by Gasteiger charge is 2.30. The second-order valence-electron chi connectivity index (χ2n) is 7.19. The quantitative estimate of drug-likeness (QED) is 0.107. The Kier molecular flexibility index (Phi) is 11.5. The summed E-state index contributed by atoms with van der Waals surface area (Å²) < 4.78 is 0. The molecule has 1 rings (SSSR count). The molecule has 34 heavy (non-hydrogen) atoms. The zero-order chi connectivity index (χ0) is 25.8. The second kappa shape index (κ2) is 13.8. The summed E-state index contributed by atoms with van der Waals surface area (Å²) in [7, 11) is 0. The van der Waals surface area contributed by atoms with Crippen molar-refractivity contribution in [2.24, 2.45) is 11.5 Å². The molecule has 1 aromatic heterocycles. The Labute approximate surface area is 198 Å². The number of carbonyl (C=O) groups is 6. The number of carboxylic acid groups (broad SMARTS) is 2. The van der Waals surface area contributed by atoms with Crippen molar-refractivity contribution in [2.45, 2.75) is 49.9 Å². The van der Waals surface area contributed by atoms with Gasteiger partial charge in [-0.05, 0) is 6.42 Å². The maximum absolute atomic E-state index is 12.9. The predicted octanol–water partition coefficient (Wildman–Crippen LogP) is -3.51. The minimum atomic E-state index is -1.61. The number of primary amides is 1. The third kappa shape index (κ3) is 9.86. The van der Waals surface area contributed by atoms with Crippen LogP contribution >= 0.6 is 12.6 Å². The highest BCUT2D eigenvalue weighted by Crippen LogP contribution is 2.03. The zero-order valence-electron chi connectivity index (χ0n) is 17.9. The van der Waals surface area contributed by atoms with Gasteiger partial charge in [-0.25, -0.2) is 9.78 Å². The van der Waals surface area contributed by atoms with Crippen LogP contribution in [0.2, 0.25) is 0 Å². The maximum Gasteiger partial charge on any atom is 0.326 e. The van der Waals surface area contributed by atoms with Gasteiger partial charge in [0, 0.05) is 30.5 Å². The van der Waals surface area contributed by atoms with Crippen molar-refractivity contribution in [1.29, 1.82) is 0 Å². The molecular formula is C18H27N7O8S. The number of rotatable bonds is 15. The first-order chi connectivity index (χ1) is 15.9. The smallest absolute Gasteiger partial charge is 0.326 e. The maximum atomic E-state index is 12.9. The Hall–Kier alpha value is -3.66. The van der Waals surface area contributed by atoms with Crippen LogP contribution in [-0.4, -0.2) is 85.7 Å². The normalized spacial score (nSPS) is 14.2. The van der Waals surface area contributed by atoms with Crippen LogP contribution in [0.5, 0.6) is 0 Å². The van der Waals surface area contributed by atoms with E-state index in [-0.39, 0.29) is 25.0 Å². The Bertz CT molecular complexity index is 895. The van der Waals surface area contributed by atoms with Crippen LogP contribution in [0.1, 0.15) is 25.0 Å². The molecule has 0 fully saturated rings. The number of carboxylic acids is 2. The van der Waals surface area contributed by atoms with Crippen LogP contribution in [0.3, 0.4) is 0 Å². The van der Waals surface area contributed by atoms with E-state index >= 15 is 0 Å². The first-order valence-corrected chi connectivity index (χ1v) is 10.6. The molecule has 0 spiro atoms. The molecule has 16 heteroatoms. The SMILES string of the molecule is NC(=O)CC(NC(=O)C(CS)NC(=O)C(Cc1cnc[nH]1)NC(=O)C(N)CCC(=O)O)C(=O)O. The molecule has 4 amide bonds. The molecule has 0 radical (unpaired) electrons. The Morgan fingerprint density at radius 3 is 2.09 bits per heavy atom. The van der Waals surface area contributed by atoms with Gasteiger partial charge >= 0.3 is 11.9 Å². The fourth-order valence-electron chi connectivity index (χ4n) is 2.65. The Balaban J connectivity index is 2.92. The number of aliphatic carboxylic acids is 2. The molecular weight excluding hydrogens is 474 g/mol. The van der Waals surface area contributed by atoms with Gasteiger partial charge in [0.25, 0.3) is 0 Å². The van der Waals surface area contributed by atoms with Gasteiger partial charge in [0.15, 0.2) is 0 Å². The van der Waals surface area contributed by atoms with Gasteiger partial charge in [-0.1, -0.05) is 0 Å². The third-order valence-electron chi connectivity index (χ3n) is 4.45. The molecule has 0 aromatic carbocycles. The highest BCUT2D eigenvalue weighted by molar-refractivity contribution is 7.80. The third-order valence-corrected chi connectivity index (χ3v) is 4.82. The molecule has 4 atom stereocenters. The Morgan fingerprint density at radius 2 is 1.59 bits per heavy atom. The van der Waals surface area contributed by atoms with Crippen molar-refractivity contribution < 1.29 is 39.0 Å². The number of aromatic nitrogens is 2. The fourth-order valence-corrected chi connectivity index (χ4v) is 2.91. The average molecular weight is 502 g/mol. The number of imidazole rings is 1. The van der Waals surface area contributed by atoms with E-state index in [9.17, 15) is 28.8 Å². The van der Waals surface area contributed by atoms with Gasteiger partial charge in [-0.2, -0.15) is 12.6 Å². The molecule has 4 unspecified atom stereocenters. The number of aromatic amines is 1. The van der Waals surface area contributed by atoms with Gasteiger partial charge in [-0.15, -0.1) is 0 Å². The molecule has 0 saturated carbocycles. The number of hydrogen-bond acceptors (Lipinski definition) is 9. The van der Waals surface area contributed by atoms with Crippen LogP contribution in [0.4, 0.5) is 0 Å². The number of nitrogens with zero attached hydrogens (tertiary/aromatic N) is 1. The molecule has 15 nitrogen and oxygen atoms in total. The van der Waals surface area contributed by atoms with Crippen LogP contribution < -0.4 is 27.4 Å². The topological polar surface area (TPSA) is 260 Å². The van der Waals surface area contributed by atoms with Crippen molar-refractivity contribution in [2.75, 3.05) is 5.75 Å². The molecule has 0 bridgehead atoms. The Morgan fingerprint density at radius 1 is 1.00 bits per heavy atom. The van der Waals surface area contributed by atoms with Crippen LogP contribution in [0.15, 0.2) is 12.5 Å². The monoisotopic (exact) mass is 501 g/mol. The predicted molar refractivity (Wildman–Crippen MR) is 118 cm³/mol. The van der Waals surface area contributed by atoms with Crippen LogP contribution in [0, 0.1) is 0 Å². The van der Waals surface area contributed by atoms with Crippen molar-refractivity contribution in [3.8, 4) is 0 Å². The number of nitrogens with two attached hydrogens (primary N) is 2. The lowest BCUT2D eigenvalue weighted by atomic mass is 10.1. The van der Waals surface area contributed by atoms with E-state index in [0.29, 0.717) is 5.69 Å². The number of nitrogens with one attached hydrogen (secondary N) is 4. The van der Waals surface area contributed by atoms with Gasteiger partial charge in [-0.3, -0.25) is 24.0 Å². The number of carbonyl (C=O) groups excluding carboxylic acids is 4. The minimum absolute atomic E-state index is 0.0798. The summed E-state index contributed by atoms with van der Waals surface area (Å²) in [6.07, 6.45) is 1.48. The van der Waals surface area contributed by atoms with Gasteiger partial charge in [0.2, 0.25) is 23.6 Å². The first kappa shape index (κ1) is 28.4. The first-order valence-electron chi connectivity index (χ1n) is 9.92. The van der Waals surface area contributed by atoms with Gasteiger partial charge in [0.1, 0.15) is 18.1 Å². The minimum Gasteiger partial charge on any atom is -0.481 e. The summed E-state index contributed by atoms with van der Waals surface area (Å²) in [4.78, 5) is 77.2. The zero-order valence-corrected chi connectivity index (χ0v) is 18.8. The van der Waals surface area contributed by atoms with Crippen molar-refractivity contribution in [1.82, 2.24) is 25.9 Å².